The van der Waals surface area contributed by atoms with E-state index in [0.717, 1.165) is 12.8 Å². The first-order valence-corrected chi connectivity index (χ1v) is 8.92. The lowest BCUT2D eigenvalue weighted by Gasteiger charge is -2.15. The van der Waals surface area contributed by atoms with Gasteiger partial charge in [0.1, 0.15) is 11.3 Å². The fourth-order valence-corrected chi connectivity index (χ4v) is 3.23. The van der Waals surface area contributed by atoms with E-state index in [4.69, 9.17) is 4.42 Å². The molecule has 3 rings (SSSR count). The van der Waals surface area contributed by atoms with E-state index >= 15 is 0 Å². The number of rotatable bonds is 6. The lowest BCUT2D eigenvalue weighted by atomic mass is 10.1. The van der Waals surface area contributed by atoms with E-state index < -0.39 is 23.7 Å². The van der Waals surface area contributed by atoms with Crippen molar-refractivity contribution in [1.29, 1.82) is 0 Å². The van der Waals surface area contributed by atoms with Crippen LogP contribution < -0.4 is 16.3 Å². The third-order valence-electron chi connectivity index (χ3n) is 4.66. The Hall–Kier alpha value is -2.15. The molecule has 0 bridgehead atoms. The highest BCUT2D eigenvalue weighted by Gasteiger charge is 2.28. The van der Waals surface area contributed by atoms with Crippen LogP contribution in [0, 0.1) is 6.92 Å². The zero-order valence-corrected chi connectivity index (χ0v) is 16.1. The van der Waals surface area contributed by atoms with Gasteiger partial charge in [0.05, 0.1) is 12.1 Å². The number of aliphatic hydroxyl groups is 1. The number of nitrogens with one attached hydrogen (secondary N) is 2. The number of aliphatic hydroxyl groups excluding tert-OH is 1. The molecule has 1 aromatic heterocycles. The van der Waals surface area contributed by atoms with E-state index in [1.165, 1.54) is 5.56 Å². The number of benzene rings is 1. The summed E-state index contributed by atoms with van der Waals surface area (Å²) in [6, 6.07) is 11.5. The maximum atomic E-state index is 12.4. The zero-order chi connectivity index (χ0) is 18.5. The summed E-state index contributed by atoms with van der Waals surface area (Å²) < 4.78 is 5.35. The number of aryl methyl sites for hydroxylation is 3. The van der Waals surface area contributed by atoms with Crippen LogP contribution in [0.2, 0.25) is 0 Å². The molecule has 1 aliphatic rings. The Morgan fingerprint density at radius 3 is 2.63 bits per heavy atom. The normalized spacial score (nSPS) is 18.7. The Balaban J connectivity index is 0.00000261. The van der Waals surface area contributed by atoms with Crippen LogP contribution in [0.5, 0.6) is 0 Å². The topological polar surface area (TPSA) is 91.6 Å². The molecule has 1 amide bonds. The number of hydrogen-bond donors (Lipinski definition) is 3. The summed E-state index contributed by atoms with van der Waals surface area (Å²) in [5.74, 6) is 0.0855. The standard InChI is InChI=1S/C20H24N2O4.ClH/c1-13-10-15(9-5-8-14-6-3-2-4-7-14)26-20(25)18(13)19(24)22-16-11-21-12-17(16)23;/h2-4,6-7,10,16-17,21,23H,5,8-9,11-12H2,1H3,(H,22,24);1H/t16-,17+;/m0./s1. The third-order valence-corrected chi connectivity index (χ3v) is 4.66. The first-order valence-electron chi connectivity index (χ1n) is 8.92. The van der Waals surface area contributed by atoms with Gasteiger partial charge in [-0.25, -0.2) is 4.79 Å². The lowest BCUT2D eigenvalue weighted by Crippen LogP contribution is -2.44. The minimum Gasteiger partial charge on any atom is -0.427 e. The molecule has 1 aromatic carbocycles. The number of carbonyl (C=O) groups is 1. The van der Waals surface area contributed by atoms with Crippen molar-refractivity contribution >= 4 is 18.3 Å². The molecule has 0 radical (unpaired) electrons. The molecule has 146 valence electrons. The van der Waals surface area contributed by atoms with Crippen LogP contribution in [-0.2, 0) is 12.8 Å². The van der Waals surface area contributed by atoms with Crippen LogP contribution in [-0.4, -0.2) is 36.2 Å². The summed E-state index contributed by atoms with van der Waals surface area (Å²) in [6.07, 6.45) is 1.75. The van der Waals surface area contributed by atoms with Gasteiger partial charge in [0.2, 0.25) is 0 Å². The molecule has 0 saturated carbocycles. The molecule has 2 heterocycles. The van der Waals surface area contributed by atoms with E-state index in [-0.39, 0.29) is 18.0 Å². The smallest absolute Gasteiger partial charge is 0.349 e. The summed E-state index contributed by atoms with van der Waals surface area (Å²) in [5.41, 5.74) is 1.22. The van der Waals surface area contributed by atoms with E-state index in [0.29, 0.717) is 30.8 Å². The largest absolute Gasteiger partial charge is 0.427 e. The Kier molecular flexibility index (Phi) is 7.59. The minimum absolute atomic E-state index is 0. The highest BCUT2D eigenvalue weighted by atomic mass is 35.5. The third kappa shape index (κ3) is 5.42. The lowest BCUT2D eigenvalue weighted by molar-refractivity contribution is 0.0883. The molecule has 7 heteroatoms. The number of hydrogen-bond acceptors (Lipinski definition) is 5. The predicted octanol–water partition coefficient (Wildman–Crippen LogP) is 1.61. The van der Waals surface area contributed by atoms with Gasteiger partial charge < -0.3 is 20.2 Å². The second-order valence-electron chi connectivity index (χ2n) is 6.70. The SMILES string of the molecule is Cc1cc(CCCc2ccccc2)oc(=O)c1C(=O)N[C@H]1CNC[C@H]1O.Cl. The molecular formula is C20H25ClN2O4. The Bertz CT molecular complexity index is 822. The summed E-state index contributed by atoms with van der Waals surface area (Å²) in [4.78, 5) is 24.7. The van der Waals surface area contributed by atoms with Crippen molar-refractivity contribution in [2.45, 2.75) is 38.3 Å². The Morgan fingerprint density at radius 1 is 1.26 bits per heavy atom. The highest BCUT2D eigenvalue weighted by Crippen LogP contribution is 2.12. The Labute approximate surface area is 164 Å². The quantitative estimate of drug-likeness (QED) is 0.694. The average Bonchev–Trinajstić information content (AvgIpc) is 3.00. The van der Waals surface area contributed by atoms with Crippen LogP contribution >= 0.6 is 12.4 Å². The molecule has 1 aliphatic heterocycles. The van der Waals surface area contributed by atoms with E-state index in [2.05, 4.69) is 22.8 Å². The van der Waals surface area contributed by atoms with Crippen LogP contribution in [0.25, 0.3) is 0 Å². The number of β-amino-alcohol motifs (C(OH)–C–C–N with tert-alkyl or cyclic N) is 1. The monoisotopic (exact) mass is 392 g/mol. The van der Waals surface area contributed by atoms with Crippen molar-refractivity contribution in [2.75, 3.05) is 13.1 Å². The molecule has 2 aromatic rings. The van der Waals surface area contributed by atoms with Crippen LogP contribution in [0.1, 0.15) is 33.7 Å². The molecule has 1 saturated heterocycles. The maximum absolute atomic E-state index is 12.4. The number of carbonyl (C=O) groups excluding carboxylic acids is 1. The van der Waals surface area contributed by atoms with Crippen molar-refractivity contribution in [2.24, 2.45) is 0 Å². The fourth-order valence-electron chi connectivity index (χ4n) is 3.23. The predicted molar refractivity (Wildman–Crippen MR) is 106 cm³/mol. The van der Waals surface area contributed by atoms with E-state index in [1.54, 1.807) is 13.0 Å². The average molecular weight is 393 g/mol. The molecule has 27 heavy (non-hydrogen) atoms. The van der Waals surface area contributed by atoms with Crippen molar-refractivity contribution in [3.8, 4) is 0 Å². The van der Waals surface area contributed by atoms with Gasteiger partial charge in [-0.05, 0) is 37.0 Å². The fraction of sp³-hybridized carbons (Fsp3) is 0.400. The summed E-state index contributed by atoms with van der Waals surface area (Å²) in [5, 5.41) is 15.5. The summed E-state index contributed by atoms with van der Waals surface area (Å²) >= 11 is 0. The second-order valence-corrected chi connectivity index (χ2v) is 6.70. The van der Waals surface area contributed by atoms with Crippen LogP contribution in [0.4, 0.5) is 0 Å². The molecule has 3 N–H and O–H groups in total. The Morgan fingerprint density at radius 2 is 2.00 bits per heavy atom. The molecule has 2 atom stereocenters. The van der Waals surface area contributed by atoms with Gasteiger partial charge in [0.25, 0.3) is 5.91 Å². The van der Waals surface area contributed by atoms with E-state index in [1.807, 2.05) is 18.2 Å². The zero-order valence-electron chi connectivity index (χ0n) is 15.2. The minimum atomic E-state index is -0.649. The van der Waals surface area contributed by atoms with Gasteiger partial charge in [-0.1, -0.05) is 30.3 Å². The first-order chi connectivity index (χ1) is 12.5. The van der Waals surface area contributed by atoms with Gasteiger partial charge in [0, 0.05) is 19.5 Å². The molecule has 1 fully saturated rings. The molecule has 6 nitrogen and oxygen atoms in total. The van der Waals surface area contributed by atoms with Gasteiger partial charge in [-0.3, -0.25) is 4.79 Å². The number of amides is 1. The van der Waals surface area contributed by atoms with Gasteiger partial charge in [0.15, 0.2) is 0 Å². The van der Waals surface area contributed by atoms with Crippen molar-refractivity contribution < 1.29 is 14.3 Å². The maximum Gasteiger partial charge on any atom is 0.349 e. The second kappa shape index (κ2) is 9.69. The van der Waals surface area contributed by atoms with Gasteiger partial charge >= 0.3 is 5.63 Å². The van der Waals surface area contributed by atoms with Crippen molar-refractivity contribution in [3.63, 3.8) is 0 Å². The van der Waals surface area contributed by atoms with Crippen LogP contribution in [0.3, 0.4) is 0 Å². The van der Waals surface area contributed by atoms with Gasteiger partial charge in [-0.2, -0.15) is 0 Å². The molecule has 0 unspecified atom stereocenters. The summed E-state index contributed by atoms with van der Waals surface area (Å²) in [6.45, 7) is 2.64. The molecule has 0 aliphatic carbocycles. The molecule has 0 spiro atoms. The van der Waals surface area contributed by atoms with Crippen molar-refractivity contribution in [3.05, 3.63) is 69.3 Å². The van der Waals surface area contributed by atoms with Gasteiger partial charge in [-0.15, -0.1) is 12.4 Å². The number of halogens is 1. The first kappa shape index (κ1) is 21.2. The summed E-state index contributed by atoms with van der Waals surface area (Å²) in [7, 11) is 0. The van der Waals surface area contributed by atoms with E-state index in [9.17, 15) is 14.7 Å². The van der Waals surface area contributed by atoms with Crippen LogP contribution in [0.15, 0.2) is 45.6 Å². The molecular weight excluding hydrogens is 368 g/mol. The van der Waals surface area contributed by atoms with Crippen molar-refractivity contribution in [1.82, 2.24) is 10.6 Å². The highest BCUT2D eigenvalue weighted by molar-refractivity contribution is 5.95.